The standard InChI is InChI=1S/C11H20BF3N.K/c1-8-5-9(2)11(4)16(6-8)7-10(3)12(13,14)15;/h8-9,11H,3,5-7H2,1-2,4H3;/q-1;+1. The van der Waals surface area contributed by atoms with Crippen molar-refractivity contribution in [3.63, 3.8) is 0 Å². The summed E-state index contributed by atoms with van der Waals surface area (Å²) in [5.74, 6) is 0.928. The number of likely N-dealkylation sites (tertiary alicyclic amines) is 1. The molecule has 0 amide bonds. The van der Waals surface area contributed by atoms with Crippen LogP contribution in [0.1, 0.15) is 27.2 Å². The van der Waals surface area contributed by atoms with Gasteiger partial charge in [-0.1, -0.05) is 13.8 Å². The SMILES string of the molecule is C=C(CN1CC(C)CC(C)C1C)[B-](F)(F)F.[K+]. The van der Waals surface area contributed by atoms with E-state index in [0.29, 0.717) is 11.8 Å². The molecular weight excluding hydrogens is 253 g/mol. The Morgan fingerprint density at radius 1 is 1.29 bits per heavy atom. The molecule has 1 heterocycles. The minimum absolute atomic E-state index is 0. The number of rotatable bonds is 3. The van der Waals surface area contributed by atoms with E-state index in [4.69, 9.17) is 0 Å². The molecule has 0 bridgehead atoms. The molecule has 0 aromatic carbocycles. The van der Waals surface area contributed by atoms with Gasteiger partial charge in [-0.25, -0.2) is 0 Å². The van der Waals surface area contributed by atoms with Crippen LogP contribution in [0.4, 0.5) is 12.9 Å². The van der Waals surface area contributed by atoms with Crippen LogP contribution < -0.4 is 51.4 Å². The van der Waals surface area contributed by atoms with Crippen LogP contribution in [0.15, 0.2) is 12.1 Å². The van der Waals surface area contributed by atoms with Crippen molar-refractivity contribution in [1.82, 2.24) is 4.90 Å². The summed E-state index contributed by atoms with van der Waals surface area (Å²) in [6, 6.07) is 0.214. The fraction of sp³-hybridized carbons (Fsp3) is 0.818. The third-order valence-corrected chi connectivity index (χ3v) is 3.59. The predicted molar refractivity (Wildman–Crippen MR) is 62.2 cm³/mol. The summed E-state index contributed by atoms with van der Waals surface area (Å²) < 4.78 is 37.4. The number of halogens is 3. The molecule has 0 aliphatic carbocycles. The second-order valence-electron chi connectivity index (χ2n) is 5.22. The van der Waals surface area contributed by atoms with Crippen LogP contribution in [0.2, 0.25) is 0 Å². The Hall–Kier alpha value is 1.19. The van der Waals surface area contributed by atoms with Gasteiger partial charge in [0.15, 0.2) is 0 Å². The molecule has 0 N–H and O–H groups in total. The molecule has 1 fully saturated rings. The molecule has 3 unspecified atom stereocenters. The Labute approximate surface area is 145 Å². The Balaban J connectivity index is 0.00000256. The zero-order valence-electron chi connectivity index (χ0n) is 11.2. The van der Waals surface area contributed by atoms with Crippen LogP contribution in [0, 0.1) is 11.8 Å². The average molecular weight is 273 g/mol. The van der Waals surface area contributed by atoms with Crippen LogP contribution in [-0.4, -0.2) is 31.0 Å². The van der Waals surface area contributed by atoms with Gasteiger partial charge in [0.05, 0.1) is 0 Å². The molecule has 0 saturated carbocycles. The summed E-state index contributed by atoms with van der Waals surface area (Å²) in [5.41, 5.74) is -0.576. The average Bonchev–Trinajstić information content (AvgIpc) is 2.11. The van der Waals surface area contributed by atoms with E-state index in [2.05, 4.69) is 20.4 Å². The van der Waals surface area contributed by atoms with Gasteiger partial charge in [-0.05, 0) is 31.7 Å². The molecule has 1 saturated heterocycles. The molecular formula is C11H20BF3KN. The topological polar surface area (TPSA) is 3.24 Å². The van der Waals surface area contributed by atoms with Gasteiger partial charge in [-0.2, -0.15) is 0 Å². The van der Waals surface area contributed by atoms with Crippen LogP contribution >= 0.6 is 0 Å². The van der Waals surface area contributed by atoms with Gasteiger partial charge in [0, 0.05) is 12.6 Å². The van der Waals surface area contributed by atoms with Gasteiger partial charge in [-0.3, -0.25) is 4.90 Å². The maximum atomic E-state index is 12.5. The van der Waals surface area contributed by atoms with Crippen molar-refractivity contribution in [1.29, 1.82) is 0 Å². The van der Waals surface area contributed by atoms with Crippen LogP contribution in [0.3, 0.4) is 0 Å². The van der Waals surface area contributed by atoms with Gasteiger partial charge in [-0.15, -0.1) is 12.1 Å². The Kier molecular flexibility index (Phi) is 7.60. The molecule has 0 aromatic heterocycles. The second kappa shape index (κ2) is 7.10. The Morgan fingerprint density at radius 3 is 2.29 bits per heavy atom. The minimum atomic E-state index is -4.89. The predicted octanol–water partition coefficient (Wildman–Crippen LogP) is 0.300. The normalized spacial score (nSPS) is 30.8. The van der Waals surface area contributed by atoms with Gasteiger partial charge in [0.1, 0.15) is 0 Å². The third-order valence-electron chi connectivity index (χ3n) is 3.59. The number of hydrogen-bond donors (Lipinski definition) is 0. The van der Waals surface area contributed by atoms with E-state index in [0.717, 1.165) is 13.0 Å². The van der Waals surface area contributed by atoms with Gasteiger partial charge < -0.3 is 12.9 Å². The third kappa shape index (κ3) is 5.37. The molecule has 17 heavy (non-hydrogen) atoms. The number of piperidine rings is 1. The largest absolute Gasteiger partial charge is 1.00 e. The van der Waals surface area contributed by atoms with E-state index in [9.17, 15) is 12.9 Å². The van der Waals surface area contributed by atoms with Crippen molar-refractivity contribution in [3.05, 3.63) is 12.1 Å². The number of hydrogen-bond acceptors (Lipinski definition) is 1. The summed E-state index contributed by atoms with van der Waals surface area (Å²) in [5, 5.41) is 0. The molecule has 1 rings (SSSR count). The van der Waals surface area contributed by atoms with Gasteiger partial charge >= 0.3 is 58.4 Å². The first-order chi connectivity index (χ1) is 7.21. The maximum Gasteiger partial charge on any atom is 1.00 e. The Bertz CT molecular complexity index is 270. The van der Waals surface area contributed by atoms with E-state index in [1.807, 2.05) is 11.8 Å². The van der Waals surface area contributed by atoms with Crippen molar-refractivity contribution in [2.45, 2.75) is 33.2 Å². The monoisotopic (exact) mass is 273 g/mol. The fourth-order valence-electron chi connectivity index (χ4n) is 2.41. The van der Waals surface area contributed by atoms with Crippen LogP contribution in [0.5, 0.6) is 0 Å². The number of nitrogens with zero attached hydrogens (tertiary/aromatic N) is 1. The molecule has 0 spiro atoms. The zero-order valence-corrected chi connectivity index (χ0v) is 14.3. The molecule has 0 aromatic rings. The first-order valence-corrected chi connectivity index (χ1v) is 5.83. The molecule has 94 valence electrons. The second-order valence-corrected chi connectivity index (χ2v) is 5.22. The van der Waals surface area contributed by atoms with E-state index in [1.54, 1.807) is 0 Å². The molecule has 1 aliphatic rings. The molecule has 6 heteroatoms. The van der Waals surface area contributed by atoms with E-state index < -0.39 is 12.4 Å². The smallest absolute Gasteiger partial charge is 0.445 e. The van der Waals surface area contributed by atoms with Crippen molar-refractivity contribution in [2.24, 2.45) is 11.8 Å². The molecule has 1 aliphatic heterocycles. The molecule has 0 radical (unpaired) electrons. The minimum Gasteiger partial charge on any atom is -0.445 e. The molecule has 1 nitrogen and oxygen atoms in total. The summed E-state index contributed by atoms with van der Waals surface area (Å²) in [6.07, 6.45) is 1.10. The van der Waals surface area contributed by atoms with E-state index in [-0.39, 0.29) is 64.0 Å². The quantitative estimate of drug-likeness (QED) is 0.669. The van der Waals surface area contributed by atoms with Gasteiger partial charge in [0.2, 0.25) is 0 Å². The first-order valence-electron chi connectivity index (χ1n) is 5.83. The van der Waals surface area contributed by atoms with Crippen molar-refractivity contribution in [2.75, 3.05) is 13.1 Å². The summed E-state index contributed by atoms with van der Waals surface area (Å²) in [4.78, 5) is 1.91. The van der Waals surface area contributed by atoms with Crippen LogP contribution in [-0.2, 0) is 0 Å². The molecule has 3 atom stereocenters. The summed E-state index contributed by atoms with van der Waals surface area (Å²) in [7, 11) is 0. The van der Waals surface area contributed by atoms with Crippen molar-refractivity contribution < 1.29 is 64.3 Å². The summed E-state index contributed by atoms with van der Waals surface area (Å²) >= 11 is 0. The fourth-order valence-corrected chi connectivity index (χ4v) is 2.41. The first kappa shape index (κ1) is 18.2. The summed E-state index contributed by atoms with van der Waals surface area (Å²) in [6.45, 7) is 5.20. The van der Waals surface area contributed by atoms with E-state index in [1.165, 1.54) is 0 Å². The Morgan fingerprint density at radius 2 is 1.82 bits per heavy atom. The van der Waals surface area contributed by atoms with Crippen molar-refractivity contribution in [3.8, 4) is 0 Å². The van der Waals surface area contributed by atoms with Crippen molar-refractivity contribution >= 4 is 6.98 Å². The zero-order chi connectivity index (χ0) is 12.5. The maximum absolute atomic E-state index is 12.5. The van der Waals surface area contributed by atoms with E-state index >= 15 is 0 Å². The van der Waals surface area contributed by atoms with Gasteiger partial charge in [0.25, 0.3) is 0 Å². The van der Waals surface area contributed by atoms with Crippen LogP contribution in [0.25, 0.3) is 0 Å².